The van der Waals surface area contributed by atoms with Crippen molar-refractivity contribution < 1.29 is 14.3 Å². The summed E-state index contributed by atoms with van der Waals surface area (Å²) in [6.45, 7) is 6.36. The predicted molar refractivity (Wildman–Crippen MR) is 93.9 cm³/mol. The van der Waals surface area contributed by atoms with E-state index in [0.29, 0.717) is 11.5 Å². The molecule has 24 heavy (non-hydrogen) atoms. The molecule has 0 spiro atoms. The van der Waals surface area contributed by atoms with Crippen molar-refractivity contribution in [2.24, 2.45) is 11.3 Å². The zero-order valence-corrected chi connectivity index (χ0v) is 14.9. The van der Waals surface area contributed by atoms with Gasteiger partial charge in [0, 0.05) is 5.92 Å². The van der Waals surface area contributed by atoms with Crippen LogP contribution in [0.1, 0.15) is 45.6 Å². The van der Waals surface area contributed by atoms with E-state index >= 15 is 0 Å². The Hall–Kier alpha value is -2.28. The monoisotopic (exact) mass is 327 g/mol. The van der Waals surface area contributed by atoms with E-state index in [1.165, 1.54) is 0 Å². The first-order valence-corrected chi connectivity index (χ1v) is 8.29. The van der Waals surface area contributed by atoms with Crippen molar-refractivity contribution in [2.75, 3.05) is 13.7 Å². The lowest BCUT2D eigenvalue weighted by Gasteiger charge is -2.33. The molecule has 1 fully saturated rings. The summed E-state index contributed by atoms with van der Waals surface area (Å²) < 4.78 is 10.7. The van der Waals surface area contributed by atoms with Crippen LogP contribution in [0.5, 0.6) is 11.5 Å². The lowest BCUT2D eigenvalue weighted by molar-refractivity contribution is -0.123. The van der Waals surface area contributed by atoms with Crippen LogP contribution in [-0.2, 0) is 4.79 Å². The highest BCUT2D eigenvalue weighted by molar-refractivity contribution is 6.02. The molecule has 0 heterocycles. The number of rotatable bonds is 4. The molecular weight excluding hydrogens is 302 g/mol. The molecule has 4 nitrogen and oxygen atoms in total. The Labute approximate surface area is 144 Å². The van der Waals surface area contributed by atoms with Gasteiger partial charge in [-0.05, 0) is 54.0 Å². The average Bonchev–Trinajstić information content (AvgIpc) is 2.54. The summed E-state index contributed by atoms with van der Waals surface area (Å²) in [5.74, 6) is 1.44. The number of Topliss-reactive ketones (excluding diaryl/α,β-unsaturated/α-hetero) is 1. The smallest absolute Gasteiger partial charge is 0.174 e. The van der Waals surface area contributed by atoms with E-state index in [4.69, 9.17) is 14.7 Å². The van der Waals surface area contributed by atoms with Crippen LogP contribution in [0.3, 0.4) is 0 Å². The number of allylic oxidation sites excluding steroid dienone is 1. The number of carbonyl (C=O) groups is 1. The molecule has 0 aliphatic heterocycles. The molecule has 2 rings (SSSR count). The second-order valence-electron chi connectivity index (χ2n) is 7.20. The van der Waals surface area contributed by atoms with Crippen LogP contribution in [0.4, 0.5) is 0 Å². The fraction of sp³-hybridized carbons (Fsp3) is 0.500. The van der Waals surface area contributed by atoms with Crippen molar-refractivity contribution in [3.63, 3.8) is 0 Å². The van der Waals surface area contributed by atoms with Gasteiger partial charge in [0.05, 0.1) is 7.11 Å². The van der Waals surface area contributed by atoms with Crippen molar-refractivity contribution in [1.29, 1.82) is 5.26 Å². The topological polar surface area (TPSA) is 59.3 Å². The Bertz CT molecular complexity index is 677. The quantitative estimate of drug-likeness (QED) is 0.769. The lowest BCUT2D eigenvalue weighted by atomic mass is 9.70. The Morgan fingerprint density at radius 2 is 2.08 bits per heavy atom. The zero-order chi connectivity index (χ0) is 17.7. The highest BCUT2D eigenvalue weighted by Gasteiger charge is 2.35. The van der Waals surface area contributed by atoms with Gasteiger partial charge in [-0.3, -0.25) is 4.79 Å². The number of benzene rings is 1. The Morgan fingerprint density at radius 3 is 2.71 bits per heavy atom. The van der Waals surface area contributed by atoms with E-state index in [1.54, 1.807) is 13.2 Å². The molecule has 4 heteroatoms. The second-order valence-corrected chi connectivity index (χ2v) is 7.20. The summed E-state index contributed by atoms with van der Waals surface area (Å²) in [5, 5.41) is 8.62. The maximum Gasteiger partial charge on any atom is 0.174 e. The molecule has 1 aromatic rings. The van der Waals surface area contributed by atoms with Gasteiger partial charge in [0.25, 0.3) is 0 Å². The van der Waals surface area contributed by atoms with Gasteiger partial charge in [0.15, 0.2) is 23.9 Å². The van der Waals surface area contributed by atoms with Gasteiger partial charge in [-0.25, -0.2) is 0 Å². The normalized spacial score (nSPS) is 19.9. The van der Waals surface area contributed by atoms with Crippen LogP contribution in [0, 0.1) is 22.7 Å². The van der Waals surface area contributed by atoms with E-state index in [1.807, 2.05) is 24.3 Å². The third kappa shape index (κ3) is 4.17. The van der Waals surface area contributed by atoms with Gasteiger partial charge < -0.3 is 9.47 Å². The van der Waals surface area contributed by atoms with Gasteiger partial charge in [-0.2, -0.15) is 5.26 Å². The van der Waals surface area contributed by atoms with Crippen LogP contribution in [0.2, 0.25) is 0 Å². The van der Waals surface area contributed by atoms with Crippen molar-refractivity contribution in [3.8, 4) is 17.6 Å². The zero-order valence-electron chi connectivity index (χ0n) is 14.9. The summed E-state index contributed by atoms with van der Waals surface area (Å²) >= 11 is 0. The molecule has 1 saturated carbocycles. The summed E-state index contributed by atoms with van der Waals surface area (Å²) in [6, 6.07) is 7.44. The second kappa shape index (κ2) is 7.53. The molecular formula is C20H25NO3. The first-order valence-electron chi connectivity index (χ1n) is 8.29. The molecule has 0 saturated heterocycles. The van der Waals surface area contributed by atoms with Crippen LogP contribution in [-0.4, -0.2) is 19.5 Å². The molecule has 1 aromatic carbocycles. The third-order valence-corrected chi connectivity index (χ3v) is 4.44. The standard InChI is InChI=1S/C20H25NO3/c1-20(2,3)16-7-5-6-15(19(16)22)12-14-8-9-17(24-11-10-21)18(13-14)23-4/h8-9,12-13,16H,5-7,11H2,1-4H3/b15-12+/t16-/m1/s1. The Balaban J connectivity index is 2.27. The van der Waals surface area contributed by atoms with Gasteiger partial charge >= 0.3 is 0 Å². The molecule has 0 radical (unpaired) electrons. The van der Waals surface area contributed by atoms with Crippen LogP contribution in [0.15, 0.2) is 23.8 Å². The number of carbonyl (C=O) groups excluding carboxylic acids is 1. The van der Waals surface area contributed by atoms with Gasteiger partial charge in [0.1, 0.15) is 6.07 Å². The highest BCUT2D eigenvalue weighted by atomic mass is 16.5. The predicted octanol–water partition coefficient (Wildman–Crippen LogP) is 4.40. The van der Waals surface area contributed by atoms with Gasteiger partial charge in [-0.1, -0.05) is 26.8 Å². The van der Waals surface area contributed by atoms with Crippen molar-refractivity contribution in [2.45, 2.75) is 40.0 Å². The van der Waals surface area contributed by atoms with Crippen LogP contribution >= 0.6 is 0 Å². The minimum atomic E-state index is -0.0253. The fourth-order valence-corrected chi connectivity index (χ4v) is 3.15. The number of nitrogens with zero attached hydrogens (tertiary/aromatic N) is 1. The number of hydrogen-bond acceptors (Lipinski definition) is 4. The largest absolute Gasteiger partial charge is 0.493 e. The van der Waals surface area contributed by atoms with Crippen molar-refractivity contribution in [3.05, 3.63) is 29.3 Å². The number of ether oxygens (including phenoxy) is 2. The Kier molecular flexibility index (Phi) is 5.66. The molecule has 1 aliphatic carbocycles. The third-order valence-electron chi connectivity index (χ3n) is 4.44. The van der Waals surface area contributed by atoms with Crippen molar-refractivity contribution >= 4 is 11.9 Å². The number of nitriles is 1. The fourth-order valence-electron chi connectivity index (χ4n) is 3.15. The van der Waals surface area contributed by atoms with Gasteiger partial charge in [0.2, 0.25) is 0 Å². The van der Waals surface area contributed by atoms with Crippen molar-refractivity contribution in [1.82, 2.24) is 0 Å². The number of methoxy groups -OCH3 is 1. The van der Waals surface area contributed by atoms with E-state index in [9.17, 15) is 4.79 Å². The van der Waals surface area contributed by atoms with E-state index in [0.717, 1.165) is 30.4 Å². The lowest BCUT2D eigenvalue weighted by Crippen LogP contribution is -2.32. The molecule has 0 aromatic heterocycles. The Morgan fingerprint density at radius 1 is 1.33 bits per heavy atom. The minimum absolute atomic E-state index is 0.0106. The molecule has 0 unspecified atom stereocenters. The maximum atomic E-state index is 12.8. The molecule has 0 bridgehead atoms. The van der Waals surface area contributed by atoms with Gasteiger partial charge in [-0.15, -0.1) is 0 Å². The molecule has 1 aliphatic rings. The maximum absolute atomic E-state index is 12.8. The van der Waals surface area contributed by atoms with Crippen LogP contribution < -0.4 is 9.47 Å². The molecule has 1 atom stereocenters. The first-order chi connectivity index (χ1) is 11.4. The molecule has 0 N–H and O–H groups in total. The summed E-state index contributed by atoms with van der Waals surface area (Å²) in [6.07, 6.45) is 4.78. The summed E-state index contributed by atoms with van der Waals surface area (Å²) in [4.78, 5) is 12.8. The highest BCUT2D eigenvalue weighted by Crippen LogP contribution is 2.38. The molecule has 0 amide bonds. The SMILES string of the molecule is COc1cc(/C=C2\CCC[C@@H](C(C)(C)C)C2=O)ccc1OCC#N. The van der Waals surface area contributed by atoms with Crippen LogP contribution in [0.25, 0.3) is 6.08 Å². The van der Waals surface area contributed by atoms with E-state index in [2.05, 4.69) is 20.8 Å². The average molecular weight is 327 g/mol. The molecule has 128 valence electrons. The number of hydrogen-bond donors (Lipinski definition) is 0. The summed E-state index contributed by atoms with van der Waals surface area (Å²) in [5.41, 5.74) is 1.78. The minimum Gasteiger partial charge on any atom is -0.493 e. The van der Waals surface area contributed by atoms with E-state index in [-0.39, 0.29) is 23.7 Å². The number of ketones is 1. The van der Waals surface area contributed by atoms with E-state index < -0.39 is 0 Å². The summed E-state index contributed by atoms with van der Waals surface area (Å²) in [7, 11) is 1.56. The first kappa shape index (κ1) is 18.1.